The number of carbonyl (C=O) groups is 1. The molecule has 2 aromatic rings. The Kier molecular flexibility index (Phi) is 7.20. The number of aliphatic hydroxyl groups is 1. The summed E-state index contributed by atoms with van der Waals surface area (Å²) in [5, 5.41) is 9.35. The number of nitrogens with one attached hydrogen (secondary N) is 1. The highest BCUT2D eigenvalue weighted by Gasteiger charge is 2.71. The predicted octanol–water partition coefficient (Wildman–Crippen LogP) is 4.77. The van der Waals surface area contributed by atoms with E-state index in [2.05, 4.69) is 0 Å². The van der Waals surface area contributed by atoms with Crippen molar-refractivity contribution < 1.29 is 49.1 Å². The normalized spacial score (nSPS) is 13.2. The van der Waals surface area contributed by atoms with Gasteiger partial charge in [-0.05, 0) is 55.7 Å². The van der Waals surface area contributed by atoms with E-state index >= 15 is 0 Å². The SMILES string of the molecule is CC(=O)CCc1cc(S(=O)(=O)Nc2ccc(C(O)(C(F)(F)F)C(F)(F)F)cc2F)ccc1C. The molecule has 0 unspecified atom stereocenters. The lowest BCUT2D eigenvalue weighted by Gasteiger charge is -2.32. The molecule has 0 spiro atoms. The van der Waals surface area contributed by atoms with E-state index in [-0.39, 0.29) is 35.7 Å². The number of benzene rings is 2. The summed E-state index contributed by atoms with van der Waals surface area (Å²) in [6.45, 7) is 3.02. The van der Waals surface area contributed by atoms with Crippen LogP contribution in [0.25, 0.3) is 0 Å². The van der Waals surface area contributed by atoms with Crippen molar-refractivity contribution in [2.24, 2.45) is 0 Å². The van der Waals surface area contributed by atoms with Gasteiger partial charge in [-0.2, -0.15) is 26.3 Å². The molecule has 0 fully saturated rings. The third-order valence-electron chi connectivity index (χ3n) is 4.83. The van der Waals surface area contributed by atoms with Crippen LogP contribution in [-0.2, 0) is 26.8 Å². The van der Waals surface area contributed by atoms with Gasteiger partial charge in [-0.3, -0.25) is 4.72 Å². The quantitative estimate of drug-likeness (QED) is 0.536. The number of Topliss-reactive ketones (excluding diaryl/α,β-unsaturated/α-hetero) is 1. The molecular formula is C20H18F7NO4S. The van der Waals surface area contributed by atoms with Crippen LogP contribution in [0.4, 0.5) is 36.4 Å². The van der Waals surface area contributed by atoms with Crippen LogP contribution in [0.5, 0.6) is 0 Å². The van der Waals surface area contributed by atoms with E-state index in [0.29, 0.717) is 17.2 Å². The maximum Gasteiger partial charge on any atom is 0.430 e. The van der Waals surface area contributed by atoms with Gasteiger partial charge in [0.15, 0.2) is 0 Å². The summed E-state index contributed by atoms with van der Waals surface area (Å²) in [6.07, 6.45) is -12.1. The van der Waals surface area contributed by atoms with E-state index in [1.165, 1.54) is 19.1 Å². The summed E-state index contributed by atoms with van der Waals surface area (Å²) >= 11 is 0. The minimum atomic E-state index is -6.23. The lowest BCUT2D eigenvalue weighted by Crippen LogP contribution is -2.54. The maximum absolute atomic E-state index is 14.3. The third kappa shape index (κ3) is 5.46. The van der Waals surface area contributed by atoms with Gasteiger partial charge in [0.2, 0.25) is 0 Å². The number of sulfonamides is 1. The second-order valence-corrected chi connectivity index (χ2v) is 8.98. The number of alkyl halides is 6. The summed E-state index contributed by atoms with van der Waals surface area (Å²) in [6, 6.07) is 4.03. The first kappa shape index (κ1) is 26.6. The highest BCUT2D eigenvalue weighted by atomic mass is 32.2. The highest BCUT2D eigenvalue weighted by molar-refractivity contribution is 7.92. The van der Waals surface area contributed by atoms with Crippen LogP contribution in [0.2, 0.25) is 0 Å². The average molecular weight is 501 g/mol. The molecule has 0 radical (unpaired) electrons. The van der Waals surface area contributed by atoms with Gasteiger partial charge in [-0.1, -0.05) is 12.1 Å². The van der Waals surface area contributed by atoms with Gasteiger partial charge in [0.05, 0.1) is 10.6 Å². The number of hydrogen-bond donors (Lipinski definition) is 2. The standard InChI is InChI=1S/C20H18F7NO4S/c1-11-3-7-15(9-13(11)5-4-12(2)29)33(31,32)28-17-8-6-14(10-16(17)21)18(30,19(22,23)24)20(25,26)27/h3,6-10,28,30H,4-5H2,1-2H3. The molecule has 5 nitrogen and oxygen atoms in total. The zero-order valence-corrected chi connectivity index (χ0v) is 17.9. The zero-order valence-electron chi connectivity index (χ0n) is 17.1. The van der Waals surface area contributed by atoms with E-state index in [4.69, 9.17) is 0 Å². The van der Waals surface area contributed by atoms with Crippen LogP contribution < -0.4 is 4.72 Å². The summed E-state index contributed by atoms with van der Waals surface area (Å²) in [5.41, 5.74) is -6.99. The van der Waals surface area contributed by atoms with Crippen LogP contribution in [0, 0.1) is 12.7 Å². The maximum atomic E-state index is 14.3. The molecule has 0 atom stereocenters. The van der Waals surface area contributed by atoms with Gasteiger partial charge >= 0.3 is 12.4 Å². The molecule has 0 saturated carbocycles. The third-order valence-corrected chi connectivity index (χ3v) is 6.19. The van der Waals surface area contributed by atoms with Gasteiger partial charge in [-0.25, -0.2) is 12.8 Å². The first-order chi connectivity index (χ1) is 14.9. The van der Waals surface area contributed by atoms with Crippen molar-refractivity contribution in [2.75, 3.05) is 4.72 Å². The second kappa shape index (κ2) is 8.93. The molecule has 0 saturated heterocycles. The second-order valence-electron chi connectivity index (χ2n) is 7.30. The van der Waals surface area contributed by atoms with E-state index in [0.717, 1.165) is 6.07 Å². The Bertz CT molecular complexity index is 1140. The van der Waals surface area contributed by atoms with Gasteiger partial charge in [0.25, 0.3) is 15.6 Å². The minimum Gasteiger partial charge on any atom is -0.369 e. The first-order valence-electron chi connectivity index (χ1n) is 9.18. The van der Waals surface area contributed by atoms with Crippen molar-refractivity contribution in [3.63, 3.8) is 0 Å². The van der Waals surface area contributed by atoms with Crippen molar-refractivity contribution in [1.29, 1.82) is 0 Å². The number of carbonyl (C=O) groups excluding carboxylic acids is 1. The van der Waals surface area contributed by atoms with Crippen molar-refractivity contribution in [2.45, 2.75) is 49.5 Å². The van der Waals surface area contributed by atoms with Gasteiger partial charge in [-0.15, -0.1) is 0 Å². The van der Waals surface area contributed by atoms with Crippen LogP contribution in [0.3, 0.4) is 0 Å². The summed E-state index contributed by atoms with van der Waals surface area (Å²) in [4.78, 5) is 10.8. The lowest BCUT2D eigenvalue weighted by atomic mass is 9.92. The molecule has 2 aromatic carbocycles. The monoisotopic (exact) mass is 501 g/mol. The molecule has 0 amide bonds. The van der Waals surface area contributed by atoms with Crippen LogP contribution in [0.15, 0.2) is 41.3 Å². The molecule has 33 heavy (non-hydrogen) atoms. The molecule has 182 valence electrons. The highest BCUT2D eigenvalue weighted by Crippen LogP contribution is 2.50. The Labute approximate surface area is 184 Å². The van der Waals surface area contributed by atoms with Crippen molar-refractivity contribution >= 4 is 21.5 Å². The smallest absolute Gasteiger partial charge is 0.369 e. The number of hydrogen-bond acceptors (Lipinski definition) is 4. The summed E-state index contributed by atoms with van der Waals surface area (Å²) < 4.78 is 119. The first-order valence-corrected chi connectivity index (χ1v) is 10.7. The Morgan fingerprint density at radius 3 is 2.06 bits per heavy atom. The molecule has 0 aliphatic heterocycles. The molecule has 0 aromatic heterocycles. The van der Waals surface area contributed by atoms with Gasteiger partial charge in [0.1, 0.15) is 11.6 Å². The minimum absolute atomic E-state index is 0.120. The van der Waals surface area contributed by atoms with Crippen LogP contribution in [0.1, 0.15) is 30.0 Å². The fourth-order valence-electron chi connectivity index (χ4n) is 2.91. The number of ketones is 1. The van der Waals surface area contributed by atoms with Crippen LogP contribution in [-0.4, -0.2) is 31.7 Å². The fourth-order valence-corrected chi connectivity index (χ4v) is 4.03. The molecule has 0 bridgehead atoms. The molecule has 2 rings (SSSR count). The number of rotatable bonds is 7. The zero-order chi connectivity index (χ0) is 25.4. The Morgan fingerprint density at radius 2 is 1.58 bits per heavy atom. The molecule has 0 aliphatic carbocycles. The van der Waals surface area contributed by atoms with Crippen molar-refractivity contribution in [3.8, 4) is 0 Å². The van der Waals surface area contributed by atoms with Gasteiger partial charge < -0.3 is 9.90 Å². The summed E-state index contributed by atoms with van der Waals surface area (Å²) in [5.74, 6) is -1.91. The largest absolute Gasteiger partial charge is 0.430 e. The average Bonchev–Trinajstić information content (AvgIpc) is 2.66. The Morgan fingerprint density at radius 1 is 1.00 bits per heavy atom. The number of aryl methyl sites for hydroxylation is 2. The lowest BCUT2D eigenvalue weighted by molar-refractivity contribution is -0.376. The Balaban J connectivity index is 2.42. The molecule has 13 heteroatoms. The Hall–Kier alpha value is -2.67. The van der Waals surface area contributed by atoms with Gasteiger partial charge in [0, 0.05) is 12.0 Å². The van der Waals surface area contributed by atoms with Crippen LogP contribution >= 0.6 is 0 Å². The van der Waals surface area contributed by atoms with E-state index < -0.39 is 45.0 Å². The number of halogens is 7. The molecule has 0 aliphatic rings. The fraction of sp³-hybridized carbons (Fsp3) is 0.350. The topological polar surface area (TPSA) is 83.5 Å². The number of anilines is 1. The van der Waals surface area contributed by atoms with E-state index in [1.54, 1.807) is 11.6 Å². The molecular weight excluding hydrogens is 483 g/mol. The molecule has 0 heterocycles. The predicted molar refractivity (Wildman–Crippen MR) is 103 cm³/mol. The van der Waals surface area contributed by atoms with E-state index in [1.807, 2.05) is 0 Å². The van der Waals surface area contributed by atoms with Crippen molar-refractivity contribution in [1.82, 2.24) is 0 Å². The molecule has 2 N–H and O–H groups in total. The van der Waals surface area contributed by atoms with Crippen molar-refractivity contribution in [3.05, 3.63) is 58.9 Å². The summed E-state index contributed by atoms with van der Waals surface area (Å²) in [7, 11) is -4.50. The van der Waals surface area contributed by atoms with E-state index in [9.17, 15) is 49.1 Å².